The van der Waals surface area contributed by atoms with Crippen molar-refractivity contribution in [2.75, 3.05) is 11.4 Å². The molecule has 1 atom stereocenters. The lowest BCUT2D eigenvalue weighted by atomic mass is 10.1. The van der Waals surface area contributed by atoms with Crippen molar-refractivity contribution < 1.29 is 0 Å². The molecule has 0 spiro atoms. The first-order valence-corrected chi connectivity index (χ1v) is 6.93. The first kappa shape index (κ1) is 12.8. The Morgan fingerprint density at radius 3 is 3.00 bits per heavy atom. The van der Waals surface area contributed by atoms with Gasteiger partial charge < -0.3 is 4.90 Å². The van der Waals surface area contributed by atoms with Gasteiger partial charge >= 0.3 is 0 Å². The van der Waals surface area contributed by atoms with Crippen molar-refractivity contribution >= 4 is 38.9 Å². The van der Waals surface area contributed by atoms with E-state index in [1.807, 2.05) is 6.07 Å². The van der Waals surface area contributed by atoms with Crippen molar-refractivity contribution in [3.8, 4) is 0 Å². The molecular weight excluding hydrogens is 304 g/mol. The molecule has 0 saturated carbocycles. The summed E-state index contributed by atoms with van der Waals surface area (Å²) in [5.41, 5.74) is 1.32. The van der Waals surface area contributed by atoms with Crippen LogP contribution in [0.25, 0.3) is 0 Å². The second kappa shape index (κ2) is 5.36. The van der Waals surface area contributed by atoms with E-state index in [1.165, 1.54) is 6.42 Å². The number of hydrogen-bond acceptors (Lipinski definition) is 3. The van der Waals surface area contributed by atoms with E-state index in [0.717, 1.165) is 25.1 Å². The number of halogens is 2. The van der Waals surface area contributed by atoms with E-state index in [2.05, 4.69) is 32.9 Å². The molecule has 3 nitrogen and oxygen atoms in total. The topological polar surface area (TPSA) is 32.7 Å². The van der Waals surface area contributed by atoms with E-state index < -0.39 is 0 Å². The van der Waals surface area contributed by atoms with Crippen molar-refractivity contribution in [1.82, 2.24) is 0 Å². The highest BCUT2D eigenvalue weighted by atomic mass is 79.9. The van der Waals surface area contributed by atoms with Crippen LogP contribution in [0.5, 0.6) is 0 Å². The van der Waals surface area contributed by atoms with Gasteiger partial charge in [-0.15, -0.1) is 4.91 Å². The lowest BCUT2D eigenvalue weighted by molar-refractivity contribution is 0.646. The van der Waals surface area contributed by atoms with Crippen LogP contribution in [-0.4, -0.2) is 12.6 Å². The van der Waals surface area contributed by atoms with Crippen LogP contribution in [0.1, 0.15) is 26.2 Å². The third-order valence-electron chi connectivity index (χ3n) is 3.27. The lowest BCUT2D eigenvalue weighted by Crippen LogP contribution is -2.28. The van der Waals surface area contributed by atoms with Crippen molar-refractivity contribution in [1.29, 1.82) is 0 Å². The molecule has 1 fully saturated rings. The summed E-state index contributed by atoms with van der Waals surface area (Å²) < 4.78 is 0.713. The summed E-state index contributed by atoms with van der Waals surface area (Å²) in [6.07, 6.45) is 3.40. The van der Waals surface area contributed by atoms with Gasteiger partial charge in [-0.05, 0) is 52.5 Å². The van der Waals surface area contributed by atoms with Gasteiger partial charge in [-0.2, -0.15) is 0 Å². The zero-order chi connectivity index (χ0) is 12.4. The molecule has 0 aliphatic carbocycles. The summed E-state index contributed by atoms with van der Waals surface area (Å²) in [5.74, 6) is 0. The molecule has 1 aromatic carbocycles. The summed E-state index contributed by atoms with van der Waals surface area (Å²) in [7, 11) is 0. The normalized spacial score (nSPS) is 19.7. The average molecular weight is 318 g/mol. The van der Waals surface area contributed by atoms with Crippen LogP contribution in [-0.2, 0) is 0 Å². The van der Waals surface area contributed by atoms with Crippen LogP contribution in [0.4, 0.5) is 11.4 Å². The SMILES string of the molecule is CCC1CCCN1c1cc(Cl)c(Br)cc1N=O. The standard InChI is InChI=1S/C12H14BrClN2O/c1-2-8-4-3-5-16(8)12-7-10(14)9(13)6-11(12)15-17/h6-8H,2-5H2,1H3. The molecule has 0 radical (unpaired) electrons. The van der Waals surface area contributed by atoms with Crippen LogP contribution < -0.4 is 4.90 Å². The molecule has 0 N–H and O–H groups in total. The number of nitrogens with zero attached hydrogens (tertiary/aromatic N) is 2. The maximum atomic E-state index is 10.9. The van der Waals surface area contributed by atoms with Crippen LogP contribution in [0.2, 0.25) is 5.02 Å². The Morgan fingerprint density at radius 2 is 2.35 bits per heavy atom. The quantitative estimate of drug-likeness (QED) is 0.744. The van der Waals surface area contributed by atoms with Gasteiger partial charge in [0.15, 0.2) is 0 Å². The smallest absolute Gasteiger partial charge is 0.132 e. The van der Waals surface area contributed by atoms with E-state index in [0.29, 0.717) is 21.2 Å². The Balaban J connectivity index is 2.43. The molecule has 92 valence electrons. The summed E-state index contributed by atoms with van der Waals surface area (Å²) in [4.78, 5) is 13.1. The highest BCUT2D eigenvalue weighted by molar-refractivity contribution is 9.10. The second-order valence-corrected chi connectivity index (χ2v) is 5.51. The highest BCUT2D eigenvalue weighted by Crippen LogP contribution is 2.40. The van der Waals surface area contributed by atoms with Crippen molar-refractivity contribution in [2.45, 2.75) is 32.2 Å². The van der Waals surface area contributed by atoms with Gasteiger partial charge in [0.25, 0.3) is 0 Å². The predicted octanol–water partition coefficient (Wildman–Crippen LogP) is 4.88. The number of rotatable bonds is 3. The molecule has 1 heterocycles. The van der Waals surface area contributed by atoms with Gasteiger partial charge in [-0.1, -0.05) is 18.5 Å². The first-order chi connectivity index (χ1) is 8.17. The molecule has 1 saturated heterocycles. The van der Waals surface area contributed by atoms with Crippen LogP contribution >= 0.6 is 27.5 Å². The third kappa shape index (κ3) is 2.47. The fourth-order valence-electron chi connectivity index (χ4n) is 2.41. The number of nitroso groups, excluding NO2 is 1. The number of hydrogen-bond donors (Lipinski definition) is 0. The van der Waals surface area contributed by atoms with Crippen molar-refractivity contribution in [3.05, 3.63) is 26.5 Å². The minimum atomic E-state index is 0.460. The summed E-state index contributed by atoms with van der Waals surface area (Å²) in [6, 6.07) is 4.01. The van der Waals surface area contributed by atoms with Gasteiger partial charge in [-0.25, -0.2) is 0 Å². The van der Waals surface area contributed by atoms with Gasteiger partial charge in [0, 0.05) is 17.1 Å². The Bertz CT molecular complexity index is 439. The molecule has 1 aromatic rings. The Morgan fingerprint density at radius 1 is 1.59 bits per heavy atom. The minimum Gasteiger partial charge on any atom is -0.367 e. The van der Waals surface area contributed by atoms with Gasteiger partial charge in [-0.3, -0.25) is 0 Å². The van der Waals surface area contributed by atoms with E-state index in [1.54, 1.807) is 6.07 Å². The van der Waals surface area contributed by atoms with E-state index in [-0.39, 0.29) is 0 Å². The van der Waals surface area contributed by atoms with Crippen LogP contribution in [0, 0.1) is 4.91 Å². The van der Waals surface area contributed by atoms with Gasteiger partial charge in [0.1, 0.15) is 5.69 Å². The maximum absolute atomic E-state index is 10.9. The highest BCUT2D eigenvalue weighted by Gasteiger charge is 2.26. The fraction of sp³-hybridized carbons (Fsp3) is 0.500. The Kier molecular flexibility index (Phi) is 4.05. The van der Waals surface area contributed by atoms with Gasteiger partial charge in [0.05, 0.1) is 10.7 Å². The molecule has 1 aliphatic rings. The monoisotopic (exact) mass is 316 g/mol. The minimum absolute atomic E-state index is 0.460. The molecule has 2 rings (SSSR count). The number of anilines is 1. The van der Waals surface area contributed by atoms with E-state index in [9.17, 15) is 4.91 Å². The van der Waals surface area contributed by atoms with Crippen molar-refractivity contribution in [3.63, 3.8) is 0 Å². The third-order valence-corrected chi connectivity index (χ3v) is 4.47. The van der Waals surface area contributed by atoms with Crippen LogP contribution in [0.3, 0.4) is 0 Å². The largest absolute Gasteiger partial charge is 0.367 e. The molecule has 0 amide bonds. The van der Waals surface area contributed by atoms with E-state index >= 15 is 0 Å². The molecule has 5 heteroatoms. The molecule has 1 aliphatic heterocycles. The zero-order valence-corrected chi connectivity index (χ0v) is 12.0. The fourth-order valence-corrected chi connectivity index (χ4v) is 2.90. The molecular formula is C12H14BrClN2O. The van der Waals surface area contributed by atoms with Gasteiger partial charge in [0.2, 0.25) is 0 Å². The first-order valence-electron chi connectivity index (χ1n) is 5.76. The molecule has 0 aromatic heterocycles. The summed E-state index contributed by atoms with van der Waals surface area (Å²) in [6.45, 7) is 3.14. The van der Waals surface area contributed by atoms with Crippen molar-refractivity contribution in [2.24, 2.45) is 5.18 Å². The van der Waals surface area contributed by atoms with Crippen LogP contribution in [0.15, 0.2) is 21.8 Å². The molecule has 1 unspecified atom stereocenters. The number of benzene rings is 1. The predicted molar refractivity (Wildman–Crippen MR) is 75.3 cm³/mol. The Hall–Kier alpha value is -0.610. The van der Waals surface area contributed by atoms with E-state index in [4.69, 9.17) is 11.6 Å². The zero-order valence-electron chi connectivity index (χ0n) is 9.62. The second-order valence-electron chi connectivity index (χ2n) is 4.24. The maximum Gasteiger partial charge on any atom is 0.132 e. The summed E-state index contributed by atoms with van der Waals surface area (Å²) >= 11 is 9.41. The lowest BCUT2D eigenvalue weighted by Gasteiger charge is -2.26. The molecule has 0 bridgehead atoms. The average Bonchev–Trinajstić information content (AvgIpc) is 2.80. The Labute approximate surface area is 114 Å². The summed E-state index contributed by atoms with van der Waals surface area (Å²) in [5, 5.41) is 3.73. The molecule has 17 heavy (non-hydrogen) atoms.